The van der Waals surface area contributed by atoms with Crippen molar-refractivity contribution in [3.05, 3.63) is 0 Å². The van der Waals surface area contributed by atoms with Crippen molar-refractivity contribution >= 4 is 28.5 Å². The monoisotopic (exact) mass is 314 g/mol. The van der Waals surface area contributed by atoms with E-state index in [0.717, 1.165) is 18.2 Å². The molecule has 0 bridgehead atoms. The van der Waals surface area contributed by atoms with Gasteiger partial charge in [0.25, 0.3) is 5.91 Å². The topological polar surface area (TPSA) is 76.6 Å². The van der Waals surface area contributed by atoms with Crippen molar-refractivity contribution in [1.82, 2.24) is 9.36 Å². The Morgan fingerprint density at radius 2 is 2.19 bits per heavy atom. The Labute approximate surface area is 128 Å². The zero-order valence-electron chi connectivity index (χ0n) is 12.5. The van der Waals surface area contributed by atoms with Crippen molar-refractivity contribution < 1.29 is 14.3 Å². The van der Waals surface area contributed by atoms with Gasteiger partial charge in [-0.05, 0) is 26.7 Å². The van der Waals surface area contributed by atoms with Crippen LogP contribution in [0.15, 0.2) is 0 Å². The van der Waals surface area contributed by atoms with Crippen LogP contribution in [0, 0.1) is 0 Å². The first-order chi connectivity index (χ1) is 10.2. The lowest BCUT2D eigenvalue weighted by molar-refractivity contribution is -0.127. The fourth-order valence-corrected chi connectivity index (χ4v) is 2.70. The summed E-state index contributed by atoms with van der Waals surface area (Å²) in [5, 5.41) is 3.55. The van der Waals surface area contributed by atoms with Gasteiger partial charge in [-0.2, -0.15) is 9.36 Å². The number of anilines is 2. The van der Waals surface area contributed by atoms with Crippen LogP contribution < -0.4 is 10.2 Å². The molecule has 0 unspecified atom stereocenters. The van der Waals surface area contributed by atoms with Gasteiger partial charge in [0.05, 0.1) is 13.2 Å². The number of amides is 1. The predicted molar refractivity (Wildman–Crippen MR) is 81.9 cm³/mol. The molecule has 1 fully saturated rings. The molecule has 21 heavy (non-hydrogen) atoms. The summed E-state index contributed by atoms with van der Waals surface area (Å²) in [6.45, 7) is 7.18. The lowest BCUT2D eigenvalue weighted by Crippen LogP contribution is -2.29. The Hall–Kier alpha value is -1.25. The van der Waals surface area contributed by atoms with E-state index in [9.17, 15) is 4.79 Å². The van der Waals surface area contributed by atoms with Crippen LogP contribution in [0.1, 0.15) is 26.7 Å². The molecule has 1 N–H and O–H groups in total. The zero-order chi connectivity index (χ0) is 15.1. The number of hydrogen-bond donors (Lipinski definition) is 1. The average Bonchev–Trinajstić information content (AvgIpc) is 3.13. The van der Waals surface area contributed by atoms with E-state index in [1.807, 2.05) is 6.92 Å². The maximum atomic E-state index is 11.9. The molecular formula is C13H22N4O3S. The van der Waals surface area contributed by atoms with E-state index in [4.69, 9.17) is 9.47 Å². The van der Waals surface area contributed by atoms with E-state index in [2.05, 4.69) is 19.6 Å². The third-order valence-electron chi connectivity index (χ3n) is 3.20. The molecule has 0 aromatic carbocycles. The Bertz CT molecular complexity index is 448. The van der Waals surface area contributed by atoms with Gasteiger partial charge >= 0.3 is 0 Å². The first kappa shape index (κ1) is 16.1. The minimum absolute atomic E-state index is 0.239. The molecule has 1 atom stereocenters. The van der Waals surface area contributed by atoms with Crippen LogP contribution in [-0.2, 0) is 14.3 Å². The lowest BCUT2D eigenvalue weighted by Gasteiger charge is -2.12. The predicted octanol–water partition coefficient (Wildman–Crippen LogP) is 1.52. The summed E-state index contributed by atoms with van der Waals surface area (Å²) in [7, 11) is 0. The largest absolute Gasteiger partial charge is 0.379 e. The van der Waals surface area contributed by atoms with Gasteiger partial charge in [0.1, 0.15) is 6.10 Å². The molecule has 1 aliphatic rings. The summed E-state index contributed by atoms with van der Waals surface area (Å²) >= 11 is 1.31. The van der Waals surface area contributed by atoms with Crippen LogP contribution in [0.3, 0.4) is 0 Å². The van der Waals surface area contributed by atoms with Crippen LogP contribution in [0.25, 0.3) is 0 Å². The van der Waals surface area contributed by atoms with Crippen molar-refractivity contribution in [2.24, 2.45) is 0 Å². The number of hydrogen-bond acceptors (Lipinski definition) is 7. The molecule has 0 saturated carbocycles. The number of aromatic nitrogens is 2. The molecule has 0 spiro atoms. The van der Waals surface area contributed by atoms with Gasteiger partial charge in [0, 0.05) is 31.2 Å². The highest BCUT2D eigenvalue weighted by molar-refractivity contribution is 7.09. The molecular weight excluding hydrogens is 292 g/mol. The first-order valence-electron chi connectivity index (χ1n) is 7.29. The maximum Gasteiger partial charge on any atom is 0.255 e. The van der Waals surface area contributed by atoms with Gasteiger partial charge in [-0.15, -0.1) is 0 Å². The lowest BCUT2D eigenvalue weighted by atomic mass is 10.4. The van der Waals surface area contributed by atoms with Crippen LogP contribution in [0.2, 0.25) is 0 Å². The quantitative estimate of drug-likeness (QED) is 0.733. The van der Waals surface area contributed by atoms with Gasteiger partial charge < -0.3 is 14.4 Å². The third-order valence-corrected chi connectivity index (χ3v) is 3.97. The fourth-order valence-electron chi connectivity index (χ4n) is 2.02. The van der Waals surface area contributed by atoms with Crippen LogP contribution in [-0.4, -0.2) is 54.3 Å². The van der Waals surface area contributed by atoms with Crippen LogP contribution in [0.5, 0.6) is 0 Å². The zero-order valence-corrected chi connectivity index (χ0v) is 13.3. The standard InChI is InChI=1S/C13H22N4O3S/c1-3-19-8-9-20-10(2)11(18)14-12-15-13(21-16-12)17-6-4-5-7-17/h10H,3-9H2,1-2H3,(H,14,16,18)/t10-/m0/s1. The highest BCUT2D eigenvalue weighted by Crippen LogP contribution is 2.23. The fraction of sp³-hybridized carbons (Fsp3) is 0.769. The number of nitrogens with zero attached hydrogens (tertiary/aromatic N) is 3. The van der Waals surface area contributed by atoms with Gasteiger partial charge in [-0.3, -0.25) is 10.1 Å². The molecule has 1 aromatic heterocycles. The molecule has 0 radical (unpaired) electrons. The smallest absolute Gasteiger partial charge is 0.255 e. The van der Waals surface area contributed by atoms with Gasteiger partial charge in [0.2, 0.25) is 11.1 Å². The van der Waals surface area contributed by atoms with E-state index in [1.54, 1.807) is 6.92 Å². The summed E-state index contributed by atoms with van der Waals surface area (Å²) in [4.78, 5) is 18.5. The third kappa shape index (κ3) is 4.90. The molecule has 118 valence electrons. The molecule has 2 rings (SSSR count). The number of carbonyl (C=O) groups excluding carboxylic acids is 1. The maximum absolute atomic E-state index is 11.9. The minimum Gasteiger partial charge on any atom is -0.379 e. The summed E-state index contributed by atoms with van der Waals surface area (Å²) in [6.07, 6.45) is 1.82. The Balaban J connectivity index is 1.76. The Morgan fingerprint density at radius 3 is 2.90 bits per heavy atom. The van der Waals surface area contributed by atoms with E-state index in [0.29, 0.717) is 25.8 Å². The molecule has 1 amide bonds. The Kier molecular flexibility index (Phi) is 6.34. The molecule has 1 aliphatic heterocycles. The summed E-state index contributed by atoms with van der Waals surface area (Å²) in [5.74, 6) is 0.115. The number of ether oxygens (including phenoxy) is 2. The van der Waals surface area contributed by atoms with E-state index in [-0.39, 0.29) is 5.91 Å². The number of nitrogens with one attached hydrogen (secondary N) is 1. The van der Waals surface area contributed by atoms with Gasteiger partial charge in [-0.25, -0.2) is 0 Å². The normalized spacial score (nSPS) is 16.2. The molecule has 1 saturated heterocycles. The highest BCUT2D eigenvalue weighted by atomic mass is 32.1. The van der Waals surface area contributed by atoms with E-state index >= 15 is 0 Å². The van der Waals surface area contributed by atoms with E-state index in [1.165, 1.54) is 24.4 Å². The van der Waals surface area contributed by atoms with Crippen molar-refractivity contribution in [1.29, 1.82) is 0 Å². The Morgan fingerprint density at radius 1 is 1.43 bits per heavy atom. The molecule has 8 heteroatoms. The minimum atomic E-state index is -0.552. The van der Waals surface area contributed by atoms with Crippen LogP contribution in [0.4, 0.5) is 11.1 Å². The molecule has 7 nitrogen and oxygen atoms in total. The van der Waals surface area contributed by atoms with E-state index < -0.39 is 6.10 Å². The first-order valence-corrected chi connectivity index (χ1v) is 8.07. The number of rotatable bonds is 8. The van der Waals surface area contributed by atoms with Gasteiger partial charge in [0.15, 0.2) is 0 Å². The van der Waals surface area contributed by atoms with Crippen LogP contribution >= 0.6 is 11.5 Å². The number of carbonyl (C=O) groups is 1. The second-order valence-corrected chi connectivity index (χ2v) is 5.52. The molecule has 0 aliphatic carbocycles. The van der Waals surface area contributed by atoms with Gasteiger partial charge in [-0.1, -0.05) is 0 Å². The molecule has 2 heterocycles. The second kappa shape index (κ2) is 8.26. The van der Waals surface area contributed by atoms with Crippen molar-refractivity contribution in [2.45, 2.75) is 32.8 Å². The summed E-state index contributed by atoms with van der Waals surface area (Å²) in [6, 6.07) is 0. The SMILES string of the molecule is CCOCCO[C@@H](C)C(=O)Nc1nsc(N2CCCC2)n1. The van der Waals surface area contributed by atoms with Crippen molar-refractivity contribution in [3.63, 3.8) is 0 Å². The second-order valence-electron chi connectivity index (χ2n) is 4.79. The average molecular weight is 314 g/mol. The molecule has 1 aromatic rings. The van der Waals surface area contributed by atoms with Crippen molar-refractivity contribution in [3.8, 4) is 0 Å². The van der Waals surface area contributed by atoms with Crippen molar-refractivity contribution in [2.75, 3.05) is 43.1 Å². The summed E-state index contributed by atoms with van der Waals surface area (Å²) in [5.41, 5.74) is 0. The summed E-state index contributed by atoms with van der Waals surface area (Å²) < 4.78 is 14.7. The highest BCUT2D eigenvalue weighted by Gasteiger charge is 2.19.